The zero-order valence-electron chi connectivity index (χ0n) is 18.9. The fraction of sp³-hybridized carbons (Fsp3) is 0.423. The molecule has 4 rings (SSSR count). The second-order valence-electron chi connectivity index (χ2n) is 9.18. The normalized spacial score (nSPS) is 20.1. The molecule has 0 bridgehead atoms. The van der Waals surface area contributed by atoms with E-state index in [1.165, 1.54) is 0 Å². The Morgan fingerprint density at radius 3 is 2.18 bits per heavy atom. The molecule has 0 spiro atoms. The van der Waals surface area contributed by atoms with Crippen molar-refractivity contribution in [2.45, 2.75) is 51.1 Å². The second kappa shape index (κ2) is 9.65. The third-order valence-electron chi connectivity index (χ3n) is 6.73. The van der Waals surface area contributed by atoms with Gasteiger partial charge < -0.3 is 20.5 Å². The van der Waals surface area contributed by atoms with Crippen LogP contribution in [0.15, 0.2) is 48.5 Å². The Kier molecular flexibility index (Phi) is 6.67. The topological polar surface area (TPSA) is 105 Å². The lowest BCUT2D eigenvalue weighted by Crippen LogP contribution is -2.53. The fourth-order valence-corrected chi connectivity index (χ4v) is 5.00. The Morgan fingerprint density at radius 2 is 1.61 bits per heavy atom. The monoisotopic (exact) mass is 450 g/mol. The molecule has 7 nitrogen and oxygen atoms in total. The quantitative estimate of drug-likeness (QED) is 0.593. The minimum Gasteiger partial charge on any atom is -0.481 e. The first kappa shape index (κ1) is 22.8. The maximum Gasteiger partial charge on any atom is 0.407 e. The van der Waals surface area contributed by atoms with Crippen molar-refractivity contribution in [3.05, 3.63) is 59.7 Å². The predicted molar refractivity (Wildman–Crippen MR) is 124 cm³/mol. The standard InChI is InChI=1S/C26H30N2O5/c1-15(2)23(24(29)27-22-13-7-12-20(22)25(30)31)28-26(32)33-14-21-18-10-5-3-8-16(18)17-9-4-6-11-19(17)21/h3-6,8-11,15,20-23H,7,12-14H2,1-2H3,(H,27,29)(H,28,32)(H,30,31). The van der Waals surface area contributed by atoms with Gasteiger partial charge in [-0.25, -0.2) is 4.79 Å². The van der Waals surface area contributed by atoms with Crippen molar-refractivity contribution in [2.75, 3.05) is 6.61 Å². The molecule has 1 saturated carbocycles. The van der Waals surface area contributed by atoms with E-state index >= 15 is 0 Å². The summed E-state index contributed by atoms with van der Waals surface area (Å²) < 4.78 is 5.58. The number of carboxylic acid groups (broad SMARTS) is 1. The van der Waals surface area contributed by atoms with Gasteiger partial charge in [-0.15, -0.1) is 0 Å². The fourth-order valence-electron chi connectivity index (χ4n) is 5.00. The highest BCUT2D eigenvalue weighted by atomic mass is 16.5. The molecule has 0 aliphatic heterocycles. The molecule has 0 aromatic heterocycles. The molecule has 3 unspecified atom stereocenters. The van der Waals surface area contributed by atoms with E-state index in [0.717, 1.165) is 28.7 Å². The van der Waals surface area contributed by atoms with E-state index < -0.39 is 30.1 Å². The number of rotatable bonds is 7. The molecule has 0 radical (unpaired) electrons. The van der Waals surface area contributed by atoms with Gasteiger partial charge in [-0.05, 0) is 41.0 Å². The van der Waals surface area contributed by atoms with Crippen LogP contribution >= 0.6 is 0 Å². The number of aliphatic carboxylic acids is 1. The van der Waals surface area contributed by atoms with E-state index in [9.17, 15) is 19.5 Å². The average molecular weight is 451 g/mol. The van der Waals surface area contributed by atoms with E-state index in [1.54, 1.807) is 0 Å². The zero-order valence-corrected chi connectivity index (χ0v) is 18.9. The summed E-state index contributed by atoms with van der Waals surface area (Å²) in [5.41, 5.74) is 4.52. The average Bonchev–Trinajstić information content (AvgIpc) is 3.38. The first-order valence-electron chi connectivity index (χ1n) is 11.5. The van der Waals surface area contributed by atoms with Gasteiger partial charge in [0.25, 0.3) is 0 Å². The Balaban J connectivity index is 1.39. The number of fused-ring (bicyclic) bond motifs is 3. The number of amides is 2. The van der Waals surface area contributed by atoms with Crippen LogP contribution in [0.3, 0.4) is 0 Å². The predicted octanol–water partition coefficient (Wildman–Crippen LogP) is 3.92. The van der Waals surface area contributed by atoms with Crippen LogP contribution in [0.1, 0.15) is 50.2 Å². The molecular weight excluding hydrogens is 420 g/mol. The molecule has 0 saturated heterocycles. The number of hydrogen-bond acceptors (Lipinski definition) is 4. The van der Waals surface area contributed by atoms with Crippen molar-refractivity contribution in [1.29, 1.82) is 0 Å². The first-order chi connectivity index (χ1) is 15.9. The van der Waals surface area contributed by atoms with Gasteiger partial charge in [0.2, 0.25) is 5.91 Å². The van der Waals surface area contributed by atoms with Gasteiger partial charge in [0.05, 0.1) is 5.92 Å². The highest BCUT2D eigenvalue weighted by Crippen LogP contribution is 2.44. The number of carbonyl (C=O) groups is 3. The van der Waals surface area contributed by atoms with E-state index in [4.69, 9.17) is 4.74 Å². The third-order valence-corrected chi connectivity index (χ3v) is 6.73. The maximum atomic E-state index is 12.9. The van der Waals surface area contributed by atoms with E-state index in [2.05, 4.69) is 22.8 Å². The molecule has 3 atom stereocenters. The lowest BCUT2D eigenvalue weighted by molar-refractivity contribution is -0.142. The number of benzene rings is 2. The molecule has 33 heavy (non-hydrogen) atoms. The summed E-state index contributed by atoms with van der Waals surface area (Å²) in [5, 5.41) is 14.9. The Morgan fingerprint density at radius 1 is 1.00 bits per heavy atom. The van der Waals surface area contributed by atoms with Crippen molar-refractivity contribution >= 4 is 18.0 Å². The first-order valence-corrected chi connectivity index (χ1v) is 11.5. The zero-order chi connectivity index (χ0) is 23.5. The number of hydrogen-bond donors (Lipinski definition) is 3. The summed E-state index contributed by atoms with van der Waals surface area (Å²) in [5.74, 6) is -2.12. The van der Waals surface area contributed by atoms with Gasteiger partial charge in [-0.2, -0.15) is 0 Å². The van der Waals surface area contributed by atoms with Gasteiger partial charge in [-0.3, -0.25) is 9.59 Å². The molecule has 7 heteroatoms. The van der Waals surface area contributed by atoms with Gasteiger partial charge in [0, 0.05) is 12.0 Å². The van der Waals surface area contributed by atoms with Crippen LogP contribution in [0, 0.1) is 11.8 Å². The van der Waals surface area contributed by atoms with Crippen molar-refractivity contribution in [2.24, 2.45) is 11.8 Å². The lowest BCUT2D eigenvalue weighted by atomic mass is 9.98. The van der Waals surface area contributed by atoms with Gasteiger partial charge in [-0.1, -0.05) is 68.8 Å². The van der Waals surface area contributed by atoms with Crippen molar-refractivity contribution in [3.8, 4) is 11.1 Å². The smallest absolute Gasteiger partial charge is 0.407 e. The van der Waals surface area contributed by atoms with Crippen LogP contribution in [0.2, 0.25) is 0 Å². The SMILES string of the molecule is CC(C)C(NC(=O)OCC1c2ccccc2-c2ccccc21)C(=O)NC1CCCC1C(=O)O. The van der Waals surface area contributed by atoms with E-state index in [-0.39, 0.29) is 24.3 Å². The Hall–Kier alpha value is -3.35. The number of nitrogens with one attached hydrogen (secondary N) is 2. The largest absolute Gasteiger partial charge is 0.481 e. The van der Waals surface area contributed by atoms with E-state index in [1.807, 2.05) is 50.2 Å². The summed E-state index contributed by atoms with van der Waals surface area (Å²) in [6, 6.07) is 15.0. The molecule has 0 heterocycles. The van der Waals surface area contributed by atoms with Crippen LogP contribution in [0.4, 0.5) is 4.79 Å². The third kappa shape index (κ3) is 4.72. The van der Waals surface area contributed by atoms with Crippen molar-refractivity contribution in [1.82, 2.24) is 10.6 Å². The molecular formula is C26H30N2O5. The molecule has 2 aromatic carbocycles. The molecule has 2 aliphatic carbocycles. The van der Waals surface area contributed by atoms with Crippen LogP contribution in [-0.2, 0) is 14.3 Å². The van der Waals surface area contributed by atoms with Crippen LogP contribution < -0.4 is 10.6 Å². The summed E-state index contributed by atoms with van der Waals surface area (Å²) in [4.78, 5) is 36.9. The number of ether oxygens (including phenoxy) is 1. The van der Waals surface area contributed by atoms with Crippen molar-refractivity contribution < 1.29 is 24.2 Å². The minimum atomic E-state index is -0.900. The summed E-state index contributed by atoms with van der Waals surface area (Å²) in [7, 11) is 0. The van der Waals surface area contributed by atoms with Gasteiger partial charge in [0.15, 0.2) is 0 Å². The maximum absolute atomic E-state index is 12.9. The van der Waals surface area contributed by atoms with Crippen LogP contribution in [-0.4, -0.2) is 41.8 Å². The number of alkyl carbamates (subject to hydrolysis) is 1. The summed E-state index contributed by atoms with van der Waals surface area (Å²) in [6.45, 7) is 3.82. The molecule has 3 N–H and O–H groups in total. The van der Waals surface area contributed by atoms with Gasteiger partial charge >= 0.3 is 12.1 Å². The lowest BCUT2D eigenvalue weighted by Gasteiger charge is -2.25. The molecule has 2 aromatic rings. The molecule has 174 valence electrons. The molecule has 2 amide bonds. The highest BCUT2D eigenvalue weighted by molar-refractivity contribution is 5.87. The number of carbonyl (C=O) groups excluding carboxylic acids is 2. The van der Waals surface area contributed by atoms with Crippen LogP contribution in [0.5, 0.6) is 0 Å². The Labute approximate surface area is 193 Å². The van der Waals surface area contributed by atoms with Gasteiger partial charge in [0.1, 0.15) is 12.6 Å². The summed E-state index contributed by atoms with van der Waals surface area (Å²) in [6.07, 6.45) is 1.27. The van der Waals surface area contributed by atoms with Crippen LogP contribution in [0.25, 0.3) is 11.1 Å². The molecule has 2 aliphatic rings. The highest BCUT2D eigenvalue weighted by Gasteiger charge is 2.36. The number of carboxylic acids is 1. The van der Waals surface area contributed by atoms with Crippen molar-refractivity contribution in [3.63, 3.8) is 0 Å². The minimum absolute atomic E-state index is 0.0655. The van der Waals surface area contributed by atoms with E-state index in [0.29, 0.717) is 12.8 Å². The molecule has 1 fully saturated rings. The summed E-state index contributed by atoms with van der Waals surface area (Å²) >= 11 is 0. The Bertz CT molecular complexity index is 1000. The second-order valence-corrected chi connectivity index (χ2v) is 9.18.